The van der Waals surface area contributed by atoms with Gasteiger partial charge in [-0.05, 0) is 190 Å². The Kier molecular flexibility index (Phi) is 20.7. The van der Waals surface area contributed by atoms with Crippen molar-refractivity contribution in [1.29, 1.82) is 0 Å². The third kappa shape index (κ3) is 14.7. The number of benzene rings is 23. The molecule has 6 heterocycles. The molecule has 29 aromatic rings. The fourth-order valence-electron chi connectivity index (χ4n) is 21.3. The summed E-state index contributed by atoms with van der Waals surface area (Å²) < 4.78 is 7.88. The Hall–Kier alpha value is -17.7. The molecule has 0 aliphatic heterocycles. The maximum Gasteiger partial charge on any atom is 0.0979 e. The minimum absolute atomic E-state index is 0.861. The molecule has 0 aliphatic rings. The first kappa shape index (κ1) is 83.7. The van der Waals surface area contributed by atoms with Crippen LogP contribution in [0, 0.1) is 6.92 Å². The van der Waals surface area contributed by atoms with E-state index < -0.39 is 0 Å². The van der Waals surface area contributed by atoms with Gasteiger partial charge in [-0.2, -0.15) is 0 Å². The quantitative estimate of drug-likeness (QED) is 0.120. The van der Waals surface area contributed by atoms with E-state index in [9.17, 15) is 0 Å². The predicted octanol–water partition coefficient (Wildman–Crippen LogP) is 37.6. The first-order valence-corrected chi connectivity index (χ1v) is 50.5. The van der Waals surface area contributed by atoms with Gasteiger partial charge in [0.15, 0.2) is 0 Å². The number of thiophene rings is 3. The first-order chi connectivity index (χ1) is 70.3. The summed E-state index contributed by atoms with van der Waals surface area (Å²) in [4.78, 5) is 30.8. The predicted molar refractivity (Wildman–Crippen MR) is 607 cm³/mol. The summed E-state index contributed by atoms with van der Waals surface area (Å²) in [5.41, 5.74) is 32.1. The Bertz CT molecular complexity index is 10000. The number of hydrogen-bond acceptors (Lipinski definition) is 9. The largest absolute Gasteiger partial charge is 0.252 e. The fourth-order valence-corrected chi connectivity index (χ4v) is 25.0. The van der Waals surface area contributed by atoms with Crippen LogP contribution in [0.4, 0.5) is 0 Å². The molecule has 0 bridgehead atoms. The van der Waals surface area contributed by atoms with E-state index >= 15 is 0 Å². The third-order valence-electron chi connectivity index (χ3n) is 28.1. The van der Waals surface area contributed by atoms with Crippen molar-refractivity contribution < 1.29 is 0 Å². The highest BCUT2D eigenvalue weighted by Crippen LogP contribution is 2.51. The molecule has 6 nitrogen and oxygen atoms in total. The molecule has 0 saturated carbocycles. The highest BCUT2D eigenvalue weighted by molar-refractivity contribution is 7.27. The van der Waals surface area contributed by atoms with E-state index in [0.717, 1.165) is 110 Å². The summed E-state index contributed by atoms with van der Waals surface area (Å²) in [6.07, 6.45) is 5.78. The number of nitrogens with zero attached hydrogens (tertiary/aromatic N) is 6. The van der Waals surface area contributed by atoms with Crippen LogP contribution in [0.15, 0.2) is 480 Å². The van der Waals surface area contributed by atoms with Gasteiger partial charge in [-0.3, -0.25) is 15.0 Å². The number of aromatic nitrogens is 6. The molecule has 0 fully saturated rings. The Morgan fingerprint density at radius 1 is 0.148 bits per heavy atom. The molecular formula is C133H82N6S3. The van der Waals surface area contributed by atoms with Crippen molar-refractivity contribution in [3.05, 3.63) is 485 Å². The Morgan fingerprint density at radius 3 is 0.775 bits per heavy atom. The maximum absolute atomic E-state index is 5.32. The lowest BCUT2D eigenvalue weighted by Gasteiger charge is -2.12. The first-order valence-electron chi connectivity index (χ1n) is 48.0. The van der Waals surface area contributed by atoms with Crippen LogP contribution in [-0.4, -0.2) is 29.9 Å². The molecule has 0 N–H and O–H groups in total. The summed E-state index contributed by atoms with van der Waals surface area (Å²) >= 11 is 5.65. The van der Waals surface area contributed by atoms with Crippen LogP contribution in [0.25, 0.3) is 281 Å². The van der Waals surface area contributed by atoms with Crippen molar-refractivity contribution in [3.8, 4) is 123 Å². The van der Waals surface area contributed by atoms with Crippen LogP contribution in [0.1, 0.15) is 5.56 Å². The van der Waals surface area contributed by atoms with Crippen molar-refractivity contribution in [2.75, 3.05) is 0 Å². The smallest absolute Gasteiger partial charge is 0.0979 e. The van der Waals surface area contributed by atoms with Gasteiger partial charge in [0.2, 0.25) is 0 Å². The van der Waals surface area contributed by atoms with Gasteiger partial charge < -0.3 is 0 Å². The molecule has 0 amide bonds. The molecule has 662 valence electrons. The van der Waals surface area contributed by atoms with Crippen molar-refractivity contribution in [3.63, 3.8) is 0 Å². The van der Waals surface area contributed by atoms with E-state index in [1.165, 1.54) is 176 Å². The molecule has 29 rings (SSSR count). The number of aryl methyl sites for hydroxylation is 1. The van der Waals surface area contributed by atoms with Crippen LogP contribution in [0.3, 0.4) is 0 Å². The van der Waals surface area contributed by atoms with Crippen molar-refractivity contribution >= 4 is 192 Å². The standard InChI is InChI=1S/C52H32N2S.C46H28N2S.C35H22N2S/c1-4-15-33(16-5-1)38-28-44(34-17-6-2-7-18-34)51-46(30-38)47-31-39(29-45(52(47)55-51)35-19-8-3-9-20-35)36-21-14-22-37(27-36)48-32-53-49-42-25-12-10-23-40(42)41-24-11-13-26-43(41)50(49)54-48;1-3-13-29(14-4-1)34-23-12-24-39-41-27-33(26-40(46(41)49-45(34)39)30-15-5-2-6-16-30)31-17-11-18-32(25-31)42-28-47-43-37-21-9-7-19-35(37)36-20-8-10-22-38(36)44(43)48-42;1-21-13-15-32-29(17-21)30-19-23(14-16-33(30)38-32)22-7-6-8-24(18-22)31-20-36-34-27-11-4-2-9-25(27)26-10-3-5-12-28(26)35(34)37-31/h1-32H;1-28H;2-20H,1H3. The number of fused-ring (bicyclic) bond motifs is 27. The van der Waals surface area contributed by atoms with E-state index in [0.29, 0.717) is 0 Å². The monoisotopic (exact) mass is 1860 g/mol. The minimum atomic E-state index is 0.861. The lowest BCUT2D eigenvalue weighted by Crippen LogP contribution is -1.92. The minimum Gasteiger partial charge on any atom is -0.252 e. The average Bonchev–Trinajstić information content (AvgIpc) is 1.48. The molecule has 0 radical (unpaired) electrons. The second-order valence-electron chi connectivity index (χ2n) is 36.6. The molecule has 9 heteroatoms. The Morgan fingerprint density at radius 2 is 0.401 bits per heavy atom. The molecule has 142 heavy (non-hydrogen) atoms. The highest BCUT2D eigenvalue weighted by Gasteiger charge is 2.24. The second kappa shape index (κ2) is 35.1. The van der Waals surface area contributed by atoms with Gasteiger partial charge in [0.1, 0.15) is 0 Å². The molecule has 23 aromatic carbocycles. The summed E-state index contributed by atoms with van der Waals surface area (Å²) in [5.74, 6) is 0. The fraction of sp³-hybridized carbons (Fsp3) is 0.00752. The second-order valence-corrected chi connectivity index (χ2v) is 39.7. The van der Waals surface area contributed by atoms with E-state index in [2.05, 4.69) is 468 Å². The van der Waals surface area contributed by atoms with E-state index in [-0.39, 0.29) is 0 Å². The van der Waals surface area contributed by atoms with Gasteiger partial charge in [0.05, 0.1) is 68.8 Å². The molecule has 0 unspecified atom stereocenters. The van der Waals surface area contributed by atoms with Crippen molar-refractivity contribution in [1.82, 2.24) is 29.9 Å². The Balaban J connectivity index is 0.000000108. The molecule has 6 aromatic heterocycles. The van der Waals surface area contributed by atoms with Crippen LogP contribution in [0.5, 0.6) is 0 Å². The molecular weight excluding hydrogens is 1780 g/mol. The van der Waals surface area contributed by atoms with Crippen LogP contribution in [0.2, 0.25) is 0 Å². The van der Waals surface area contributed by atoms with Gasteiger partial charge in [0, 0.05) is 126 Å². The highest BCUT2D eigenvalue weighted by atomic mass is 32.1. The van der Waals surface area contributed by atoms with Crippen molar-refractivity contribution in [2.24, 2.45) is 0 Å². The maximum atomic E-state index is 5.32. The zero-order chi connectivity index (χ0) is 93.8. The van der Waals surface area contributed by atoms with Crippen molar-refractivity contribution in [2.45, 2.75) is 6.92 Å². The number of rotatable bonds is 11. The number of hydrogen-bond donors (Lipinski definition) is 0. The summed E-state index contributed by atoms with van der Waals surface area (Å²) in [6.45, 7) is 2.16. The van der Waals surface area contributed by atoms with Crippen LogP contribution < -0.4 is 0 Å². The topological polar surface area (TPSA) is 77.3 Å². The van der Waals surface area contributed by atoms with Gasteiger partial charge in [-0.1, -0.05) is 388 Å². The average molecular weight is 1860 g/mol. The molecule has 0 aliphatic carbocycles. The van der Waals surface area contributed by atoms with E-state index in [1.54, 1.807) is 0 Å². The lowest BCUT2D eigenvalue weighted by molar-refractivity contribution is 1.31. The summed E-state index contributed by atoms with van der Waals surface area (Å²) in [5, 5.41) is 21.8. The lowest BCUT2D eigenvalue weighted by atomic mass is 9.92. The molecule has 0 spiro atoms. The Labute approximate surface area is 830 Å². The van der Waals surface area contributed by atoms with E-state index in [4.69, 9.17) is 29.9 Å². The molecule has 0 atom stereocenters. The SMILES string of the molecule is Cc1ccc2sc3ccc(-c4cccc(-c5cnc6c7ccccc7c7ccccc7c6n5)c4)cc3c2c1.c1ccc(-c2cc(-c3ccccc3)c3sc4c(-c5ccccc5)cc(-c5cccc(-c6cnc7c8ccccc8c8ccccc8c7n6)c5)cc4c3c2)cc1.c1ccc(-c2cccc3c2sc2c(-c4ccccc4)cc(-c4cccc(-c5cnc6c7ccccc7c7ccccc7c6n5)c4)cc23)cc1. The van der Waals surface area contributed by atoms with Gasteiger partial charge in [-0.15, -0.1) is 34.0 Å². The van der Waals surface area contributed by atoms with Crippen LogP contribution in [-0.2, 0) is 0 Å². The van der Waals surface area contributed by atoms with Gasteiger partial charge in [0.25, 0.3) is 0 Å². The summed E-state index contributed by atoms with van der Waals surface area (Å²) in [7, 11) is 0. The summed E-state index contributed by atoms with van der Waals surface area (Å²) in [6, 6.07) is 166. The normalized spacial score (nSPS) is 11.7. The molecule has 0 saturated heterocycles. The third-order valence-corrected chi connectivity index (χ3v) is 31.8. The zero-order valence-electron chi connectivity index (χ0n) is 77.0. The van der Waals surface area contributed by atoms with Crippen LogP contribution >= 0.6 is 34.0 Å². The van der Waals surface area contributed by atoms with Gasteiger partial charge in [-0.25, -0.2) is 15.0 Å². The van der Waals surface area contributed by atoms with E-state index in [1.807, 2.05) is 52.6 Å². The zero-order valence-corrected chi connectivity index (χ0v) is 79.5. The van der Waals surface area contributed by atoms with Gasteiger partial charge >= 0.3 is 0 Å².